The molecule has 0 radical (unpaired) electrons. The first-order chi connectivity index (χ1) is 7.63. The quantitative estimate of drug-likeness (QED) is 0.894. The Bertz CT molecular complexity index is 344. The molecule has 4 nitrogen and oxygen atoms in total. The molecule has 0 atom stereocenters. The van der Waals surface area contributed by atoms with Gasteiger partial charge < -0.3 is 10.2 Å². The molecule has 0 bridgehead atoms. The summed E-state index contributed by atoms with van der Waals surface area (Å²) in [5, 5.41) is 3.02. The summed E-state index contributed by atoms with van der Waals surface area (Å²) < 4.78 is 0. The molecule has 0 aliphatic rings. The molecule has 1 heterocycles. The minimum Gasteiger partial charge on any atom is -0.344 e. The highest BCUT2D eigenvalue weighted by Crippen LogP contribution is 2.02. The molecule has 0 fully saturated rings. The zero-order chi connectivity index (χ0) is 12.0. The summed E-state index contributed by atoms with van der Waals surface area (Å²) in [7, 11) is 3.70. The predicted octanol–water partition coefficient (Wildman–Crippen LogP) is 1.45. The third kappa shape index (κ3) is 6.79. The number of halogens is 2. The molecule has 1 aromatic heterocycles. The second kappa shape index (κ2) is 10.1. The van der Waals surface area contributed by atoms with Crippen molar-refractivity contribution < 1.29 is 4.79 Å². The number of rotatable bonds is 5. The molecule has 1 amide bonds. The number of hydrogen-bond acceptors (Lipinski definition) is 3. The zero-order valence-corrected chi connectivity index (χ0v) is 12.6. The predicted molar refractivity (Wildman–Crippen MR) is 78.7 cm³/mol. The molecule has 0 saturated heterocycles. The van der Waals surface area contributed by atoms with Gasteiger partial charge in [-0.1, -0.05) is 6.07 Å². The van der Waals surface area contributed by atoms with E-state index in [1.165, 1.54) is 0 Å². The Morgan fingerprint density at radius 1 is 1.39 bits per heavy atom. The number of carbonyl (C=O) groups is 1. The van der Waals surface area contributed by atoms with E-state index in [0.717, 1.165) is 24.3 Å². The average molecular weight is 294 g/mol. The molecule has 1 aromatic rings. The first-order valence-corrected chi connectivity index (χ1v) is 5.43. The van der Waals surface area contributed by atoms with Gasteiger partial charge in [-0.15, -0.1) is 24.8 Å². The number of amides is 1. The fourth-order valence-corrected chi connectivity index (χ4v) is 1.32. The van der Waals surface area contributed by atoms with Gasteiger partial charge in [0, 0.05) is 32.0 Å². The summed E-state index contributed by atoms with van der Waals surface area (Å²) in [6, 6.07) is 3.88. The first-order valence-electron chi connectivity index (χ1n) is 5.43. The van der Waals surface area contributed by atoms with Gasteiger partial charge in [-0.3, -0.25) is 9.78 Å². The average Bonchev–Trinajstić information content (AvgIpc) is 2.29. The van der Waals surface area contributed by atoms with Crippen LogP contribution in [0, 0.1) is 6.92 Å². The van der Waals surface area contributed by atoms with Crippen molar-refractivity contribution in [2.45, 2.75) is 13.3 Å². The van der Waals surface area contributed by atoms with Gasteiger partial charge in [-0.2, -0.15) is 0 Å². The molecular weight excluding hydrogens is 273 g/mol. The molecule has 0 saturated carbocycles. The smallest absolute Gasteiger partial charge is 0.226 e. The second-order valence-electron chi connectivity index (χ2n) is 3.90. The molecular formula is C12H21Cl2N3O. The second-order valence-corrected chi connectivity index (χ2v) is 3.90. The minimum atomic E-state index is 0. The summed E-state index contributed by atoms with van der Waals surface area (Å²) in [4.78, 5) is 17.7. The van der Waals surface area contributed by atoms with Crippen LogP contribution in [-0.4, -0.2) is 43.0 Å². The van der Waals surface area contributed by atoms with Gasteiger partial charge in [-0.05, 0) is 25.6 Å². The van der Waals surface area contributed by atoms with E-state index < -0.39 is 0 Å². The molecule has 0 aliphatic carbocycles. The Balaban J connectivity index is 0. The van der Waals surface area contributed by atoms with Gasteiger partial charge >= 0.3 is 0 Å². The normalized spacial score (nSPS) is 9.06. The minimum absolute atomic E-state index is 0. The van der Waals surface area contributed by atoms with E-state index in [9.17, 15) is 4.79 Å². The number of carbonyl (C=O) groups excluding carboxylic acids is 1. The maximum absolute atomic E-state index is 11.8. The number of aromatic nitrogens is 1. The SMILES string of the molecule is CNCCN(C)C(=O)Cc1ccc(C)nc1.Cl.Cl. The van der Waals surface area contributed by atoms with E-state index in [1.54, 1.807) is 11.1 Å². The van der Waals surface area contributed by atoms with Crippen molar-refractivity contribution >= 4 is 30.7 Å². The molecule has 0 unspecified atom stereocenters. The maximum atomic E-state index is 11.8. The van der Waals surface area contributed by atoms with Crippen LogP contribution in [0.5, 0.6) is 0 Å². The van der Waals surface area contributed by atoms with Gasteiger partial charge in [0.1, 0.15) is 0 Å². The summed E-state index contributed by atoms with van der Waals surface area (Å²) in [6.07, 6.45) is 2.19. The largest absolute Gasteiger partial charge is 0.344 e. The Morgan fingerprint density at radius 2 is 2.06 bits per heavy atom. The van der Waals surface area contributed by atoms with E-state index in [4.69, 9.17) is 0 Å². The van der Waals surface area contributed by atoms with Crippen LogP contribution >= 0.6 is 24.8 Å². The highest BCUT2D eigenvalue weighted by Gasteiger charge is 2.08. The molecule has 1 rings (SSSR count). The van der Waals surface area contributed by atoms with Crippen molar-refractivity contribution in [1.82, 2.24) is 15.2 Å². The van der Waals surface area contributed by atoms with Crippen LogP contribution in [0.4, 0.5) is 0 Å². The molecule has 104 valence electrons. The number of pyridine rings is 1. The van der Waals surface area contributed by atoms with E-state index in [0.29, 0.717) is 6.42 Å². The first kappa shape index (κ1) is 19.5. The summed E-state index contributed by atoms with van der Waals surface area (Å²) in [5.41, 5.74) is 1.94. The Labute approximate surface area is 121 Å². The third-order valence-electron chi connectivity index (χ3n) is 2.45. The van der Waals surface area contributed by atoms with E-state index in [1.807, 2.05) is 33.2 Å². The van der Waals surface area contributed by atoms with Crippen LogP contribution in [0.3, 0.4) is 0 Å². The van der Waals surface area contributed by atoms with E-state index in [2.05, 4.69) is 10.3 Å². The maximum Gasteiger partial charge on any atom is 0.226 e. The topological polar surface area (TPSA) is 45.2 Å². The highest BCUT2D eigenvalue weighted by molar-refractivity contribution is 5.85. The van der Waals surface area contributed by atoms with E-state index >= 15 is 0 Å². The molecule has 0 aromatic carbocycles. The van der Waals surface area contributed by atoms with Crippen molar-refractivity contribution in [1.29, 1.82) is 0 Å². The zero-order valence-electron chi connectivity index (χ0n) is 11.0. The van der Waals surface area contributed by atoms with Gasteiger partial charge in [0.2, 0.25) is 5.91 Å². The van der Waals surface area contributed by atoms with Gasteiger partial charge in [0.05, 0.1) is 6.42 Å². The monoisotopic (exact) mass is 293 g/mol. The summed E-state index contributed by atoms with van der Waals surface area (Å²) >= 11 is 0. The van der Waals surface area contributed by atoms with Crippen LogP contribution in [0.1, 0.15) is 11.3 Å². The standard InChI is InChI=1S/C12H19N3O.2ClH/c1-10-4-5-11(9-14-10)8-12(16)15(3)7-6-13-2;;/h4-5,9,13H,6-8H2,1-3H3;2*1H. The van der Waals surface area contributed by atoms with Crippen molar-refractivity contribution in [3.63, 3.8) is 0 Å². The number of aryl methyl sites for hydroxylation is 1. The lowest BCUT2D eigenvalue weighted by Gasteiger charge is -2.16. The van der Waals surface area contributed by atoms with Crippen molar-refractivity contribution in [3.8, 4) is 0 Å². The Morgan fingerprint density at radius 3 is 2.56 bits per heavy atom. The lowest BCUT2D eigenvalue weighted by Crippen LogP contribution is -2.33. The fraction of sp³-hybridized carbons (Fsp3) is 0.500. The molecule has 0 aliphatic heterocycles. The highest BCUT2D eigenvalue weighted by atomic mass is 35.5. The Kier molecular flexibility index (Phi) is 11.0. The number of likely N-dealkylation sites (N-methyl/N-ethyl adjacent to an activating group) is 2. The summed E-state index contributed by atoms with van der Waals surface area (Å²) in [6.45, 7) is 3.48. The number of nitrogens with zero attached hydrogens (tertiary/aromatic N) is 2. The lowest BCUT2D eigenvalue weighted by molar-refractivity contribution is -0.129. The third-order valence-corrected chi connectivity index (χ3v) is 2.45. The van der Waals surface area contributed by atoms with E-state index in [-0.39, 0.29) is 30.7 Å². The van der Waals surface area contributed by atoms with Gasteiger partial charge in [0.25, 0.3) is 0 Å². The fourth-order valence-electron chi connectivity index (χ4n) is 1.32. The van der Waals surface area contributed by atoms with Crippen molar-refractivity contribution in [2.75, 3.05) is 27.2 Å². The van der Waals surface area contributed by atoms with Crippen LogP contribution in [0.25, 0.3) is 0 Å². The van der Waals surface area contributed by atoms with Crippen molar-refractivity contribution in [3.05, 3.63) is 29.6 Å². The van der Waals surface area contributed by atoms with Crippen LogP contribution in [0.15, 0.2) is 18.3 Å². The summed E-state index contributed by atoms with van der Waals surface area (Å²) in [5.74, 6) is 0.126. The van der Waals surface area contributed by atoms with Crippen LogP contribution < -0.4 is 5.32 Å². The number of hydrogen-bond donors (Lipinski definition) is 1. The van der Waals surface area contributed by atoms with Crippen LogP contribution in [0.2, 0.25) is 0 Å². The van der Waals surface area contributed by atoms with Crippen molar-refractivity contribution in [2.24, 2.45) is 0 Å². The molecule has 6 heteroatoms. The van der Waals surface area contributed by atoms with Gasteiger partial charge in [-0.25, -0.2) is 0 Å². The molecule has 0 spiro atoms. The lowest BCUT2D eigenvalue weighted by atomic mass is 10.2. The van der Waals surface area contributed by atoms with Crippen LogP contribution in [-0.2, 0) is 11.2 Å². The molecule has 1 N–H and O–H groups in total. The Hall–Kier alpha value is -0.840. The van der Waals surface area contributed by atoms with Gasteiger partial charge in [0.15, 0.2) is 0 Å². The molecule has 18 heavy (non-hydrogen) atoms. The number of nitrogens with one attached hydrogen (secondary N) is 1.